The van der Waals surface area contributed by atoms with Crippen LogP contribution in [0.25, 0.3) is 21.8 Å². The van der Waals surface area contributed by atoms with Gasteiger partial charge in [-0.05, 0) is 48.4 Å². The number of ether oxygens (including phenoxy) is 1. The van der Waals surface area contributed by atoms with Crippen molar-refractivity contribution in [1.29, 1.82) is 0 Å². The lowest BCUT2D eigenvalue weighted by atomic mass is 9.99. The molecule has 4 nitrogen and oxygen atoms in total. The van der Waals surface area contributed by atoms with Crippen LogP contribution in [-0.2, 0) is 11.2 Å². The van der Waals surface area contributed by atoms with E-state index in [-0.39, 0.29) is 5.91 Å². The summed E-state index contributed by atoms with van der Waals surface area (Å²) in [4.78, 5) is 16.2. The minimum atomic E-state index is 0.0886. The zero-order valence-corrected chi connectivity index (χ0v) is 14.0. The number of nitrogens with one attached hydrogen (secondary N) is 1. The van der Waals surface area contributed by atoms with Crippen LogP contribution in [0.5, 0.6) is 5.75 Å². The molecule has 0 saturated heterocycles. The van der Waals surface area contributed by atoms with E-state index in [1.54, 1.807) is 18.4 Å². The van der Waals surface area contributed by atoms with Crippen LogP contribution in [0.15, 0.2) is 47.8 Å². The molecule has 5 heteroatoms. The van der Waals surface area contributed by atoms with Crippen molar-refractivity contribution < 1.29 is 9.53 Å². The standard InChI is InChI=1S/C19H16N2O2S/c1-23-15-6-2-12(3-7-15)19-21-17(11-24-19)14-4-8-16-13(10-14)5-9-18(22)20-16/h2-4,6-8,10-11H,5,9H2,1H3,(H,20,22). The first-order valence-corrected chi connectivity index (χ1v) is 8.64. The number of rotatable bonds is 3. The maximum absolute atomic E-state index is 11.5. The lowest BCUT2D eigenvalue weighted by Crippen LogP contribution is -2.18. The number of benzene rings is 2. The Bertz CT molecular complexity index is 900. The molecule has 24 heavy (non-hydrogen) atoms. The van der Waals surface area contributed by atoms with Crippen LogP contribution in [0.3, 0.4) is 0 Å². The van der Waals surface area contributed by atoms with Crippen molar-refractivity contribution in [2.24, 2.45) is 0 Å². The van der Waals surface area contributed by atoms with Crippen LogP contribution in [0.1, 0.15) is 12.0 Å². The number of aryl methyl sites for hydroxylation is 1. The van der Waals surface area contributed by atoms with Crippen molar-refractivity contribution in [3.05, 3.63) is 53.4 Å². The molecule has 2 aromatic carbocycles. The van der Waals surface area contributed by atoms with Crippen molar-refractivity contribution in [3.63, 3.8) is 0 Å². The summed E-state index contributed by atoms with van der Waals surface area (Å²) < 4.78 is 5.19. The molecule has 0 spiro atoms. The first kappa shape index (κ1) is 14.9. The van der Waals surface area contributed by atoms with Crippen LogP contribution in [-0.4, -0.2) is 18.0 Å². The molecule has 0 atom stereocenters. The lowest BCUT2D eigenvalue weighted by Gasteiger charge is -2.17. The van der Waals surface area contributed by atoms with Gasteiger partial charge in [0.05, 0.1) is 12.8 Å². The molecular formula is C19H16N2O2S. The highest BCUT2D eigenvalue weighted by Gasteiger charge is 2.16. The summed E-state index contributed by atoms with van der Waals surface area (Å²) in [7, 11) is 1.66. The zero-order valence-electron chi connectivity index (χ0n) is 13.2. The van der Waals surface area contributed by atoms with Crippen LogP contribution < -0.4 is 10.1 Å². The second kappa shape index (κ2) is 6.09. The Kier molecular flexibility index (Phi) is 3.78. The van der Waals surface area contributed by atoms with E-state index in [0.717, 1.165) is 39.7 Å². The summed E-state index contributed by atoms with van der Waals surface area (Å²) in [5, 5.41) is 5.97. The average Bonchev–Trinajstić information content (AvgIpc) is 3.11. The van der Waals surface area contributed by atoms with Gasteiger partial charge in [0, 0.05) is 28.6 Å². The van der Waals surface area contributed by atoms with Crippen LogP contribution >= 0.6 is 11.3 Å². The van der Waals surface area contributed by atoms with E-state index in [4.69, 9.17) is 9.72 Å². The van der Waals surface area contributed by atoms with Gasteiger partial charge in [0.25, 0.3) is 0 Å². The van der Waals surface area contributed by atoms with Gasteiger partial charge in [0.1, 0.15) is 10.8 Å². The van der Waals surface area contributed by atoms with Gasteiger partial charge in [-0.2, -0.15) is 0 Å². The molecule has 0 radical (unpaired) electrons. The second-order valence-corrected chi connectivity index (χ2v) is 6.54. The predicted molar refractivity (Wildman–Crippen MR) is 96.5 cm³/mol. The van der Waals surface area contributed by atoms with Gasteiger partial charge in [-0.1, -0.05) is 6.07 Å². The van der Waals surface area contributed by atoms with Crippen molar-refractivity contribution in [2.45, 2.75) is 12.8 Å². The van der Waals surface area contributed by atoms with Gasteiger partial charge in [-0.3, -0.25) is 4.79 Å². The first-order valence-electron chi connectivity index (χ1n) is 7.76. The normalized spacial score (nSPS) is 13.3. The molecule has 1 aliphatic heterocycles. The fraction of sp³-hybridized carbons (Fsp3) is 0.158. The highest BCUT2D eigenvalue weighted by atomic mass is 32.1. The molecule has 1 amide bonds. The summed E-state index contributed by atoms with van der Waals surface area (Å²) in [5.74, 6) is 0.929. The molecule has 3 aromatic rings. The number of carbonyl (C=O) groups excluding carboxylic acids is 1. The molecule has 1 aromatic heterocycles. The number of hydrogen-bond donors (Lipinski definition) is 1. The molecule has 1 N–H and O–H groups in total. The molecule has 0 aliphatic carbocycles. The van der Waals surface area contributed by atoms with Gasteiger partial charge >= 0.3 is 0 Å². The minimum Gasteiger partial charge on any atom is -0.497 e. The summed E-state index contributed by atoms with van der Waals surface area (Å²) >= 11 is 1.63. The molecule has 0 bridgehead atoms. The fourth-order valence-corrected chi connectivity index (χ4v) is 3.65. The quantitative estimate of drug-likeness (QED) is 0.772. The largest absolute Gasteiger partial charge is 0.497 e. The lowest BCUT2D eigenvalue weighted by molar-refractivity contribution is -0.116. The highest BCUT2D eigenvalue weighted by molar-refractivity contribution is 7.13. The van der Waals surface area contributed by atoms with Crippen LogP contribution in [0.2, 0.25) is 0 Å². The second-order valence-electron chi connectivity index (χ2n) is 5.69. The maximum Gasteiger partial charge on any atom is 0.224 e. The highest BCUT2D eigenvalue weighted by Crippen LogP contribution is 2.32. The number of methoxy groups -OCH3 is 1. The van der Waals surface area contributed by atoms with Gasteiger partial charge in [-0.15, -0.1) is 11.3 Å². The van der Waals surface area contributed by atoms with E-state index in [2.05, 4.69) is 16.8 Å². The van der Waals surface area contributed by atoms with Crippen molar-refractivity contribution in [1.82, 2.24) is 4.98 Å². The summed E-state index contributed by atoms with van der Waals surface area (Å²) in [6.07, 6.45) is 1.33. The van der Waals surface area contributed by atoms with Crippen LogP contribution in [0, 0.1) is 0 Å². The number of anilines is 1. The molecular weight excluding hydrogens is 320 g/mol. The molecule has 1 aliphatic rings. The molecule has 0 saturated carbocycles. The first-order chi connectivity index (χ1) is 11.7. The van der Waals surface area contributed by atoms with E-state index in [0.29, 0.717) is 6.42 Å². The Labute approximate surface area is 144 Å². The Hall–Kier alpha value is -2.66. The third-order valence-corrected chi connectivity index (χ3v) is 5.03. The van der Waals surface area contributed by atoms with Crippen LogP contribution in [0.4, 0.5) is 5.69 Å². The molecule has 2 heterocycles. The van der Waals surface area contributed by atoms with E-state index in [9.17, 15) is 4.79 Å². The zero-order chi connectivity index (χ0) is 16.5. The topological polar surface area (TPSA) is 51.2 Å². The Balaban J connectivity index is 1.63. The Morgan fingerprint density at radius 1 is 1.08 bits per heavy atom. The van der Waals surface area contributed by atoms with E-state index < -0.39 is 0 Å². The van der Waals surface area contributed by atoms with Crippen molar-refractivity contribution in [2.75, 3.05) is 12.4 Å². The summed E-state index contributed by atoms with van der Waals surface area (Å²) in [5.41, 5.74) is 5.22. The van der Waals surface area contributed by atoms with Gasteiger partial charge in [0.15, 0.2) is 0 Å². The SMILES string of the molecule is COc1ccc(-c2nc(-c3ccc4c(c3)CCC(=O)N4)cs2)cc1. The number of aromatic nitrogens is 1. The molecule has 0 fully saturated rings. The van der Waals surface area contributed by atoms with Crippen molar-refractivity contribution >= 4 is 22.9 Å². The molecule has 4 rings (SSSR count). The monoisotopic (exact) mass is 336 g/mol. The van der Waals surface area contributed by atoms with E-state index in [1.807, 2.05) is 36.4 Å². The number of carbonyl (C=O) groups is 1. The predicted octanol–water partition coefficient (Wildman–Crippen LogP) is 4.37. The van der Waals surface area contributed by atoms with Gasteiger partial charge in [-0.25, -0.2) is 4.98 Å². The van der Waals surface area contributed by atoms with E-state index in [1.165, 1.54) is 5.56 Å². The smallest absolute Gasteiger partial charge is 0.224 e. The number of nitrogens with zero attached hydrogens (tertiary/aromatic N) is 1. The summed E-state index contributed by atoms with van der Waals surface area (Å²) in [6, 6.07) is 14.0. The van der Waals surface area contributed by atoms with Gasteiger partial charge in [0.2, 0.25) is 5.91 Å². The fourth-order valence-electron chi connectivity index (χ4n) is 2.82. The van der Waals surface area contributed by atoms with Gasteiger partial charge < -0.3 is 10.1 Å². The minimum absolute atomic E-state index is 0.0886. The number of hydrogen-bond acceptors (Lipinski definition) is 4. The third-order valence-electron chi connectivity index (χ3n) is 4.14. The molecule has 120 valence electrons. The van der Waals surface area contributed by atoms with Crippen molar-refractivity contribution in [3.8, 4) is 27.6 Å². The number of thiazole rings is 1. The Morgan fingerprint density at radius 2 is 1.88 bits per heavy atom. The average molecular weight is 336 g/mol. The number of fused-ring (bicyclic) bond motifs is 1. The third kappa shape index (κ3) is 2.78. The Morgan fingerprint density at radius 3 is 2.67 bits per heavy atom. The van der Waals surface area contributed by atoms with E-state index >= 15 is 0 Å². The maximum atomic E-state index is 11.5. The summed E-state index contributed by atoms with van der Waals surface area (Å²) in [6.45, 7) is 0. The number of amides is 1. The molecule has 0 unspecified atom stereocenters.